The number of carbonyl (C=O) groups is 2. The Morgan fingerprint density at radius 2 is 2.20 bits per heavy atom. The molecule has 3 aliphatic rings. The molecule has 3 heterocycles. The van der Waals surface area contributed by atoms with Gasteiger partial charge in [0, 0.05) is 24.8 Å². The number of carboxylic acid groups (broad SMARTS) is 1. The van der Waals surface area contributed by atoms with Crippen LogP contribution in [-0.4, -0.2) is 67.5 Å². The first-order valence-corrected chi connectivity index (χ1v) is 10.3. The van der Waals surface area contributed by atoms with E-state index in [0.717, 1.165) is 19.5 Å². The predicted molar refractivity (Wildman–Crippen MR) is 98.3 cm³/mol. The molecule has 0 bridgehead atoms. The number of aliphatic hydroxyl groups is 1. The van der Waals surface area contributed by atoms with Gasteiger partial charge in [-0.15, -0.1) is 11.8 Å². The van der Waals surface area contributed by atoms with Gasteiger partial charge in [0.25, 0.3) is 0 Å². The number of nitrogens with zero attached hydrogens (tertiary/aromatic N) is 2. The third kappa shape index (κ3) is 3.17. The van der Waals surface area contributed by atoms with Crippen molar-refractivity contribution in [1.82, 2.24) is 9.80 Å². The van der Waals surface area contributed by atoms with E-state index in [1.165, 1.54) is 28.4 Å². The lowest BCUT2D eigenvalue weighted by Gasteiger charge is -2.44. The number of amides is 1. The zero-order chi connectivity index (χ0) is 18.3. The van der Waals surface area contributed by atoms with Crippen molar-refractivity contribution in [3.63, 3.8) is 0 Å². The first-order valence-electron chi connectivity index (χ1n) is 8.53. The lowest BCUT2D eigenvalue weighted by molar-refractivity contribution is -0.157. The number of hydrogen-bond acceptors (Lipinski definition) is 6. The average molecular weight is 386 g/mol. The van der Waals surface area contributed by atoms with Gasteiger partial charge in [-0.1, -0.05) is 25.6 Å². The molecule has 9 heteroatoms. The summed E-state index contributed by atoms with van der Waals surface area (Å²) in [5.41, 5.74) is 0.0635. The molecular formula is C16H23N3O4S2. The summed E-state index contributed by atoms with van der Waals surface area (Å²) in [7, 11) is 0. The second-order valence-electron chi connectivity index (χ2n) is 6.43. The topological polar surface area (TPSA) is 105 Å². The van der Waals surface area contributed by atoms with Gasteiger partial charge in [0.05, 0.1) is 22.1 Å². The Hall–Kier alpha value is -1.19. The Kier molecular flexibility index (Phi) is 5.36. The van der Waals surface area contributed by atoms with Crippen molar-refractivity contribution in [2.75, 3.05) is 13.1 Å². The van der Waals surface area contributed by atoms with Crippen LogP contribution in [0.2, 0.25) is 0 Å². The minimum atomic E-state index is -1.09. The van der Waals surface area contributed by atoms with E-state index in [9.17, 15) is 19.8 Å². The van der Waals surface area contributed by atoms with Gasteiger partial charge in [0.15, 0.2) is 5.70 Å². The van der Waals surface area contributed by atoms with E-state index >= 15 is 0 Å². The molecule has 3 aliphatic heterocycles. The first kappa shape index (κ1) is 18.6. The first-order chi connectivity index (χ1) is 11.9. The summed E-state index contributed by atoms with van der Waals surface area (Å²) >= 11 is 2.89. The fraction of sp³-hybridized carbons (Fsp3) is 0.688. The fourth-order valence-corrected chi connectivity index (χ4v) is 6.72. The van der Waals surface area contributed by atoms with Crippen LogP contribution in [0, 0.1) is 11.3 Å². The number of amidine groups is 1. The Labute approximate surface area is 155 Å². The van der Waals surface area contributed by atoms with Crippen LogP contribution in [0.1, 0.15) is 33.1 Å². The lowest BCUT2D eigenvalue weighted by atomic mass is 9.90. The Balaban J connectivity index is 1.72. The maximum absolute atomic E-state index is 12.3. The Morgan fingerprint density at radius 1 is 1.48 bits per heavy atom. The summed E-state index contributed by atoms with van der Waals surface area (Å²) in [6.07, 6.45) is 1.33. The Bertz CT molecular complexity index is 639. The van der Waals surface area contributed by atoms with Gasteiger partial charge in [-0.2, -0.15) is 0 Å². The van der Waals surface area contributed by atoms with Gasteiger partial charge in [-0.05, 0) is 12.8 Å². The van der Waals surface area contributed by atoms with Gasteiger partial charge >= 0.3 is 5.97 Å². The zero-order valence-corrected chi connectivity index (χ0v) is 15.9. The number of nitrogens with one attached hydrogen (secondary N) is 1. The summed E-state index contributed by atoms with van der Waals surface area (Å²) in [5.74, 6) is -1.29. The number of thioether (sulfide) groups is 2. The third-order valence-corrected chi connectivity index (χ3v) is 7.77. The molecule has 0 radical (unpaired) electrons. The molecule has 1 amide bonds. The monoisotopic (exact) mass is 385 g/mol. The molecule has 4 atom stereocenters. The highest BCUT2D eigenvalue weighted by atomic mass is 32.2. The maximum Gasteiger partial charge on any atom is 0.354 e. The number of aliphatic hydroxyl groups excluding tert-OH is 1. The quantitative estimate of drug-likeness (QED) is 0.363. The van der Waals surface area contributed by atoms with Crippen LogP contribution in [0.25, 0.3) is 0 Å². The fourth-order valence-electron chi connectivity index (χ4n) is 3.44. The molecule has 0 aliphatic carbocycles. The second-order valence-corrected chi connectivity index (χ2v) is 9.13. The van der Waals surface area contributed by atoms with Crippen LogP contribution in [0.15, 0.2) is 9.93 Å². The van der Waals surface area contributed by atoms with Gasteiger partial charge < -0.3 is 15.1 Å². The summed E-state index contributed by atoms with van der Waals surface area (Å²) in [6.45, 7) is 5.31. The molecular weight excluding hydrogens is 362 g/mol. The highest BCUT2D eigenvalue weighted by Crippen LogP contribution is 2.55. The molecule has 0 aromatic rings. The number of aliphatic carboxylic acids is 1. The zero-order valence-electron chi connectivity index (χ0n) is 14.3. The van der Waals surface area contributed by atoms with E-state index < -0.39 is 18.0 Å². The van der Waals surface area contributed by atoms with Crippen LogP contribution in [0.4, 0.5) is 0 Å². The van der Waals surface area contributed by atoms with Gasteiger partial charge in [0.1, 0.15) is 5.37 Å². The van der Waals surface area contributed by atoms with Crippen LogP contribution in [-0.2, 0) is 9.59 Å². The van der Waals surface area contributed by atoms with Crippen LogP contribution in [0.3, 0.4) is 0 Å². The van der Waals surface area contributed by atoms with Crippen molar-refractivity contribution in [1.29, 1.82) is 5.41 Å². The molecule has 7 nitrogen and oxygen atoms in total. The van der Waals surface area contributed by atoms with Crippen molar-refractivity contribution in [3.05, 3.63) is 9.93 Å². The molecule has 2 saturated heterocycles. The SMILES string of the molecule is CCC(=N)N1CC[C@H](SC2=C(C(=O)O)N3C(=O)[C@@H]([C@@H](O)CC)[C@H]3S2)C1. The predicted octanol–water partition coefficient (Wildman–Crippen LogP) is 1.74. The normalized spacial score (nSPS) is 29.7. The lowest BCUT2D eigenvalue weighted by Crippen LogP contribution is -2.61. The minimum Gasteiger partial charge on any atom is -0.477 e. The number of likely N-dealkylation sites (tertiary alicyclic amines) is 1. The van der Waals surface area contributed by atoms with Crippen molar-refractivity contribution in [2.24, 2.45) is 5.92 Å². The summed E-state index contributed by atoms with van der Waals surface area (Å²) in [5, 5.41) is 27.5. The van der Waals surface area contributed by atoms with Crippen molar-refractivity contribution in [2.45, 2.75) is 49.8 Å². The van der Waals surface area contributed by atoms with Crippen LogP contribution >= 0.6 is 23.5 Å². The molecule has 3 N–H and O–H groups in total. The maximum atomic E-state index is 12.3. The van der Waals surface area contributed by atoms with Crippen LogP contribution in [0.5, 0.6) is 0 Å². The standard InChI is InChI=1S/C16H23N3O4S2/c1-3-9(20)11-13(21)19-12(15(22)23)16(25-14(11)19)24-8-5-6-18(7-8)10(17)4-2/h8-9,11,14,17,20H,3-7H2,1-2H3,(H,22,23)/t8-,9-,11+,14+/m0/s1. The van der Waals surface area contributed by atoms with E-state index in [1.54, 1.807) is 0 Å². The number of carbonyl (C=O) groups excluding carboxylic acids is 1. The largest absolute Gasteiger partial charge is 0.477 e. The van der Waals surface area contributed by atoms with Crippen molar-refractivity contribution in [3.8, 4) is 0 Å². The molecule has 2 fully saturated rings. The average Bonchev–Trinajstić information content (AvgIpc) is 3.17. The van der Waals surface area contributed by atoms with Gasteiger partial charge in [0.2, 0.25) is 5.91 Å². The molecule has 3 rings (SSSR count). The van der Waals surface area contributed by atoms with Gasteiger partial charge in [-0.3, -0.25) is 15.1 Å². The molecule has 0 aromatic carbocycles. The van der Waals surface area contributed by atoms with Crippen molar-refractivity contribution < 1.29 is 19.8 Å². The van der Waals surface area contributed by atoms with E-state index in [0.29, 0.717) is 22.9 Å². The van der Waals surface area contributed by atoms with Crippen molar-refractivity contribution >= 4 is 41.2 Å². The summed E-state index contributed by atoms with van der Waals surface area (Å²) in [4.78, 5) is 27.4. The summed E-state index contributed by atoms with van der Waals surface area (Å²) < 4.78 is 0.659. The van der Waals surface area contributed by atoms with E-state index in [-0.39, 0.29) is 22.2 Å². The molecule has 0 aromatic heterocycles. The minimum absolute atomic E-state index is 0.0635. The highest BCUT2D eigenvalue weighted by Gasteiger charge is 2.58. The van der Waals surface area contributed by atoms with E-state index in [1.807, 2.05) is 18.7 Å². The number of rotatable bonds is 6. The van der Waals surface area contributed by atoms with E-state index in [4.69, 9.17) is 5.41 Å². The second kappa shape index (κ2) is 7.20. The molecule has 0 saturated carbocycles. The van der Waals surface area contributed by atoms with Gasteiger partial charge in [-0.25, -0.2) is 4.79 Å². The number of hydrogen-bond donors (Lipinski definition) is 3. The van der Waals surface area contributed by atoms with E-state index in [2.05, 4.69) is 0 Å². The third-order valence-electron chi connectivity index (χ3n) is 4.92. The smallest absolute Gasteiger partial charge is 0.354 e. The number of carboxylic acids is 1. The molecule has 0 spiro atoms. The van der Waals surface area contributed by atoms with Crippen LogP contribution < -0.4 is 0 Å². The number of fused-ring (bicyclic) bond motifs is 1. The Morgan fingerprint density at radius 3 is 2.80 bits per heavy atom. The molecule has 25 heavy (non-hydrogen) atoms. The summed E-state index contributed by atoms with van der Waals surface area (Å²) in [6, 6.07) is 0. The molecule has 138 valence electrons. The highest BCUT2D eigenvalue weighted by molar-refractivity contribution is 8.23. The number of β-lactam (4-membered cyclic amide) rings is 1. The molecule has 0 unspecified atom stereocenters.